The van der Waals surface area contributed by atoms with Crippen molar-refractivity contribution in [3.63, 3.8) is 0 Å². The van der Waals surface area contributed by atoms with Gasteiger partial charge in [0.05, 0.1) is 24.1 Å². The average molecular weight is 714 g/mol. The molecule has 3 atom stereocenters. The number of rotatable bonds is 12. The Morgan fingerprint density at radius 3 is 2.15 bits per heavy atom. The number of nitrogens with one attached hydrogen (secondary N) is 5. The van der Waals surface area contributed by atoms with Crippen molar-refractivity contribution in [2.24, 2.45) is 11.8 Å². The van der Waals surface area contributed by atoms with Crippen LogP contribution in [0.5, 0.6) is 0 Å². The molecule has 2 aliphatic heterocycles. The van der Waals surface area contributed by atoms with Crippen molar-refractivity contribution in [2.45, 2.75) is 72.8 Å². The second-order valence-corrected chi connectivity index (χ2v) is 13.3. The largest absolute Gasteiger partial charge is 0.481 e. The van der Waals surface area contributed by atoms with Gasteiger partial charge in [-0.05, 0) is 74.1 Å². The lowest BCUT2D eigenvalue weighted by molar-refractivity contribution is -0.147. The van der Waals surface area contributed by atoms with Crippen molar-refractivity contribution in [3.05, 3.63) is 84.8 Å². The molecule has 0 aromatic carbocycles. The molecule has 0 radical (unpaired) electrons. The van der Waals surface area contributed by atoms with E-state index >= 15 is 0 Å². The number of aliphatic carboxylic acids is 3. The summed E-state index contributed by atoms with van der Waals surface area (Å²) in [6, 6.07) is -1.75. The molecule has 5 rings (SSSR count). The molecule has 14 heteroatoms. The van der Waals surface area contributed by atoms with E-state index in [0.717, 1.165) is 44.3 Å². The molecule has 0 spiro atoms. The van der Waals surface area contributed by atoms with Gasteiger partial charge in [-0.2, -0.15) is 0 Å². The van der Waals surface area contributed by atoms with Gasteiger partial charge in [0.15, 0.2) is 0 Å². The Bertz CT molecular complexity index is 2210. The number of allylic oxidation sites excluding steroid dienone is 2. The van der Waals surface area contributed by atoms with Gasteiger partial charge in [0.1, 0.15) is 6.04 Å². The highest BCUT2D eigenvalue weighted by atomic mass is 16.4. The molecule has 2 aliphatic rings. The SMILES string of the molecule is C=Cc1c2[nH]c(c1C)C=C1NC(=C(CC(=O)N[C@@H](CC(=O)O)C(=O)O)c3[nH]c(c(C)c3C(=O)O)C=c3[nH]c(c(C)c3CC)=C2)[C@@H](CCC(=O)O)[C@@H]1C. The van der Waals surface area contributed by atoms with Crippen LogP contribution in [0, 0.1) is 32.6 Å². The topological polar surface area (TPSA) is 238 Å². The molecule has 8 bridgehead atoms. The number of aromatic amines is 3. The maximum atomic E-state index is 13.7. The van der Waals surface area contributed by atoms with E-state index in [2.05, 4.69) is 32.2 Å². The molecule has 0 unspecified atom stereocenters. The van der Waals surface area contributed by atoms with E-state index in [9.17, 15) is 44.4 Å². The van der Waals surface area contributed by atoms with Crippen molar-refractivity contribution in [1.82, 2.24) is 25.6 Å². The lowest BCUT2D eigenvalue weighted by atomic mass is 9.85. The third-order valence-corrected chi connectivity index (χ3v) is 10.1. The Kier molecular flexibility index (Phi) is 10.5. The first-order chi connectivity index (χ1) is 24.6. The van der Waals surface area contributed by atoms with Crippen LogP contribution in [0.2, 0.25) is 0 Å². The molecule has 3 aromatic heterocycles. The molecule has 274 valence electrons. The number of H-pyrrole nitrogens is 3. The maximum absolute atomic E-state index is 13.7. The molecule has 9 N–H and O–H groups in total. The zero-order chi connectivity index (χ0) is 38.2. The third-order valence-electron chi connectivity index (χ3n) is 10.1. The Morgan fingerprint density at radius 2 is 1.56 bits per heavy atom. The van der Waals surface area contributed by atoms with E-state index in [1.165, 1.54) is 0 Å². The Labute approximate surface area is 298 Å². The van der Waals surface area contributed by atoms with Gasteiger partial charge in [-0.25, -0.2) is 9.59 Å². The first kappa shape index (κ1) is 37.2. The minimum absolute atomic E-state index is 0.0836. The summed E-state index contributed by atoms with van der Waals surface area (Å²) in [5, 5.41) is 46.5. The molecule has 52 heavy (non-hydrogen) atoms. The number of hydrogen-bond acceptors (Lipinski definition) is 6. The van der Waals surface area contributed by atoms with Crippen molar-refractivity contribution in [2.75, 3.05) is 0 Å². The molecular formula is C38H43N5O9. The van der Waals surface area contributed by atoms with E-state index < -0.39 is 54.6 Å². The first-order valence-corrected chi connectivity index (χ1v) is 17.0. The normalized spacial score (nSPS) is 17.0. The highest BCUT2D eigenvalue weighted by Gasteiger charge is 2.38. The van der Waals surface area contributed by atoms with E-state index in [4.69, 9.17) is 0 Å². The number of carbonyl (C=O) groups is 5. The number of carbonyl (C=O) groups excluding carboxylic acids is 1. The van der Waals surface area contributed by atoms with Gasteiger partial charge in [0, 0.05) is 68.6 Å². The van der Waals surface area contributed by atoms with E-state index in [1.54, 1.807) is 13.0 Å². The zero-order valence-electron chi connectivity index (χ0n) is 29.6. The quantitative estimate of drug-likeness (QED) is 0.133. The lowest BCUT2D eigenvalue weighted by Crippen LogP contribution is -2.42. The standard InChI is InChI=1S/C38H43N5O9/c1-7-20-16(3)24-12-26-18(5)22(9-10-32(45)46)35(42-26)23(11-31(44)41-30(37(49)50)15-33(47)48)36-34(38(51)52)19(6)27(43-36)14-29-21(8-2)17(4)25(40-29)13-28(20)39-24/h7,12-14,18,22,30,39-40,42-43H,1,8-11,15H2,2-6H3,(H,41,44)(H,45,46)(H,47,48)(H,49,50)(H,51,52)/t18-,22-,30-/m0/s1. The van der Waals surface area contributed by atoms with Crippen LogP contribution in [0.1, 0.15) is 100 Å². The number of carboxylic acids is 4. The summed E-state index contributed by atoms with van der Waals surface area (Å²) >= 11 is 0. The highest BCUT2D eigenvalue weighted by molar-refractivity contribution is 6.00. The van der Waals surface area contributed by atoms with E-state index in [-0.39, 0.29) is 35.6 Å². The predicted octanol–water partition coefficient (Wildman–Crippen LogP) is 3.38. The maximum Gasteiger partial charge on any atom is 0.338 e. The van der Waals surface area contributed by atoms with Gasteiger partial charge in [-0.3, -0.25) is 14.4 Å². The number of aromatic nitrogens is 3. The molecule has 3 aromatic rings. The van der Waals surface area contributed by atoms with Gasteiger partial charge in [-0.15, -0.1) is 0 Å². The predicted molar refractivity (Wildman–Crippen MR) is 193 cm³/mol. The monoisotopic (exact) mass is 713 g/mol. The van der Waals surface area contributed by atoms with Crippen LogP contribution in [0.15, 0.2) is 18.0 Å². The number of fused-ring (bicyclic) bond motifs is 8. The summed E-state index contributed by atoms with van der Waals surface area (Å²) in [7, 11) is 0. The number of carboxylic acid groups (broad SMARTS) is 4. The fraction of sp³-hybridized carbons (Fsp3) is 0.342. The van der Waals surface area contributed by atoms with Crippen molar-refractivity contribution in [1.29, 1.82) is 0 Å². The van der Waals surface area contributed by atoms with Gasteiger partial charge >= 0.3 is 23.9 Å². The van der Waals surface area contributed by atoms with Crippen LogP contribution in [-0.4, -0.2) is 71.2 Å². The number of amides is 1. The van der Waals surface area contributed by atoms with Crippen LogP contribution in [0.4, 0.5) is 0 Å². The van der Waals surface area contributed by atoms with Crippen LogP contribution in [0.3, 0.4) is 0 Å². The minimum Gasteiger partial charge on any atom is -0.481 e. The van der Waals surface area contributed by atoms with Crippen molar-refractivity contribution >= 4 is 59.7 Å². The summed E-state index contributed by atoms with van der Waals surface area (Å²) in [6.45, 7) is 13.6. The van der Waals surface area contributed by atoms with Gasteiger partial charge < -0.3 is 46.0 Å². The minimum atomic E-state index is -1.75. The zero-order valence-corrected chi connectivity index (χ0v) is 29.6. The van der Waals surface area contributed by atoms with Crippen molar-refractivity contribution < 1.29 is 44.4 Å². The number of aromatic carboxylic acids is 1. The molecule has 0 saturated carbocycles. The fourth-order valence-corrected chi connectivity index (χ4v) is 7.34. The molecule has 1 saturated heterocycles. The van der Waals surface area contributed by atoms with E-state index in [0.29, 0.717) is 29.1 Å². The Morgan fingerprint density at radius 1 is 0.885 bits per heavy atom. The fourth-order valence-electron chi connectivity index (χ4n) is 7.34. The smallest absolute Gasteiger partial charge is 0.338 e. The summed E-state index contributed by atoms with van der Waals surface area (Å²) in [5.74, 6) is -7.04. The number of hydrogen-bond donors (Lipinski definition) is 9. The van der Waals surface area contributed by atoms with E-state index in [1.807, 2.05) is 45.9 Å². The molecule has 1 amide bonds. The molecular weight excluding hydrogens is 670 g/mol. The van der Waals surface area contributed by atoms with Crippen LogP contribution >= 0.6 is 0 Å². The molecule has 5 heterocycles. The Balaban J connectivity index is 1.88. The molecule has 0 aliphatic carbocycles. The highest BCUT2D eigenvalue weighted by Crippen LogP contribution is 2.43. The van der Waals surface area contributed by atoms with Gasteiger partial charge in [0.25, 0.3) is 0 Å². The van der Waals surface area contributed by atoms with Crippen LogP contribution in [-0.2, 0) is 25.6 Å². The summed E-state index contributed by atoms with van der Waals surface area (Å²) in [6.07, 6.45) is 6.64. The summed E-state index contributed by atoms with van der Waals surface area (Å²) in [5.41, 5.74) is 7.42. The first-order valence-electron chi connectivity index (χ1n) is 17.0. The summed E-state index contributed by atoms with van der Waals surface area (Å²) < 4.78 is 0. The van der Waals surface area contributed by atoms with Crippen molar-refractivity contribution in [3.8, 4) is 0 Å². The molecule has 14 nitrogen and oxygen atoms in total. The second-order valence-electron chi connectivity index (χ2n) is 13.3. The lowest BCUT2D eigenvalue weighted by Gasteiger charge is -2.20. The van der Waals surface area contributed by atoms with Gasteiger partial charge in [0.2, 0.25) is 5.91 Å². The second kappa shape index (κ2) is 14.7. The van der Waals surface area contributed by atoms with Crippen LogP contribution < -0.4 is 21.3 Å². The Hall–Kier alpha value is -6.05. The average Bonchev–Trinajstić information content (AvgIpc) is 3.74. The van der Waals surface area contributed by atoms with Crippen LogP contribution in [0.25, 0.3) is 29.9 Å². The van der Waals surface area contributed by atoms with Gasteiger partial charge in [-0.1, -0.05) is 26.5 Å². The molecule has 1 fully saturated rings. The summed E-state index contributed by atoms with van der Waals surface area (Å²) in [4.78, 5) is 72.0. The third kappa shape index (κ3) is 7.09.